The fourth-order valence-corrected chi connectivity index (χ4v) is 2.67. The first-order valence-corrected chi connectivity index (χ1v) is 8.22. The van der Waals surface area contributed by atoms with Gasteiger partial charge in [0.15, 0.2) is 0 Å². The Hall–Kier alpha value is -3.23. The smallest absolute Gasteiger partial charge is 0.318 e. The zero-order chi connectivity index (χ0) is 20.5. The predicted molar refractivity (Wildman–Crippen MR) is 92.7 cm³/mol. The van der Waals surface area contributed by atoms with Gasteiger partial charge in [-0.2, -0.15) is 18.3 Å². The Kier molecular flexibility index (Phi) is 5.17. The van der Waals surface area contributed by atoms with E-state index in [1.54, 1.807) is 6.92 Å². The molecule has 0 saturated carbocycles. The summed E-state index contributed by atoms with van der Waals surface area (Å²) in [5.74, 6) is -2.77. The summed E-state index contributed by atoms with van der Waals surface area (Å²) in [5.41, 5.74) is -0.481. The van der Waals surface area contributed by atoms with Crippen molar-refractivity contribution < 1.29 is 26.7 Å². The third-order valence-electron chi connectivity index (χ3n) is 4.07. The molecule has 0 bridgehead atoms. The van der Waals surface area contributed by atoms with E-state index in [-0.39, 0.29) is 16.9 Å². The molecule has 2 N–H and O–H groups in total. The Morgan fingerprint density at radius 1 is 1.14 bits per heavy atom. The molecule has 0 aliphatic rings. The van der Waals surface area contributed by atoms with Crippen LogP contribution in [0.15, 0.2) is 42.5 Å². The van der Waals surface area contributed by atoms with Crippen LogP contribution in [0.2, 0.25) is 0 Å². The van der Waals surface area contributed by atoms with Gasteiger partial charge in [-0.3, -0.25) is 9.89 Å². The first kappa shape index (κ1) is 19.5. The number of aromatic amines is 1. The van der Waals surface area contributed by atoms with Crippen LogP contribution >= 0.6 is 0 Å². The number of alkyl halides is 3. The second-order valence-electron chi connectivity index (χ2n) is 5.94. The van der Waals surface area contributed by atoms with Crippen LogP contribution in [0.25, 0.3) is 11.3 Å². The van der Waals surface area contributed by atoms with Gasteiger partial charge in [-0.15, -0.1) is 0 Å². The number of aromatic nitrogens is 2. The maximum Gasteiger partial charge on any atom is 0.416 e. The lowest BCUT2D eigenvalue weighted by Gasteiger charge is -2.11. The average molecular weight is 395 g/mol. The van der Waals surface area contributed by atoms with E-state index in [0.717, 1.165) is 24.3 Å². The van der Waals surface area contributed by atoms with E-state index in [9.17, 15) is 26.7 Å². The summed E-state index contributed by atoms with van der Waals surface area (Å²) in [5, 5.41) is 9.13. The van der Waals surface area contributed by atoms with Gasteiger partial charge >= 0.3 is 6.18 Å². The topological polar surface area (TPSA) is 57.8 Å². The number of hydrogen-bond acceptors (Lipinski definition) is 2. The van der Waals surface area contributed by atoms with E-state index >= 15 is 0 Å². The highest BCUT2D eigenvalue weighted by atomic mass is 19.4. The minimum Gasteiger partial charge on any atom is -0.318 e. The van der Waals surface area contributed by atoms with Crippen LogP contribution in [0.4, 0.5) is 27.6 Å². The monoisotopic (exact) mass is 395 g/mol. The van der Waals surface area contributed by atoms with Crippen molar-refractivity contribution in [2.45, 2.75) is 19.5 Å². The van der Waals surface area contributed by atoms with Gasteiger partial charge in [0.1, 0.15) is 17.3 Å². The summed E-state index contributed by atoms with van der Waals surface area (Å²) in [6, 6.07) is 6.95. The van der Waals surface area contributed by atoms with Crippen molar-refractivity contribution in [3.63, 3.8) is 0 Å². The van der Waals surface area contributed by atoms with Gasteiger partial charge < -0.3 is 5.32 Å². The summed E-state index contributed by atoms with van der Waals surface area (Å²) in [7, 11) is 0. The van der Waals surface area contributed by atoms with Crippen LogP contribution in [-0.2, 0) is 12.6 Å². The fraction of sp³-hybridized carbons (Fsp3) is 0.158. The number of nitrogens with zero attached hydrogens (tertiary/aromatic N) is 1. The molecular weight excluding hydrogens is 381 g/mol. The molecule has 2 aromatic carbocycles. The zero-order valence-corrected chi connectivity index (χ0v) is 14.5. The average Bonchev–Trinajstić information content (AvgIpc) is 3.03. The molecule has 1 amide bonds. The Morgan fingerprint density at radius 2 is 1.89 bits per heavy atom. The van der Waals surface area contributed by atoms with Crippen LogP contribution in [0, 0.1) is 11.6 Å². The normalized spacial score (nSPS) is 11.5. The number of nitrogens with one attached hydrogen (secondary N) is 2. The van der Waals surface area contributed by atoms with Gasteiger partial charge in [-0.1, -0.05) is 19.1 Å². The van der Waals surface area contributed by atoms with E-state index in [1.165, 1.54) is 12.1 Å². The molecule has 9 heteroatoms. The number of halogens is 5. The lowest BCUT2D eigenvalue weighted by molar-refractivity contribution is -0.137. The first-order valence-electron chi connectivity index (χ1n) is 8.22. The van der Waals surface area contributed by atoms with Crippen molar-refractivity contribution in [2.75, 3.05) is 5.32 Å². The molecule has 0 fully saturated rings. The summed E-state index contributed by atoms with van der Waals surface area (Å²) in [6.07, 6.45) is -4.16. The van der Waals surface area contributed by atoms with Crippen molar-refractivity contribution in [1.82, 2.24) is 10.2 Å². The van der Waals surface area contributed by atoms with E-state index in [2.05, 4.69) is 15.5 Å². The molecule has 28 heavy (non-hydrogen) atoms. The summed E-state index contributed by atoms with van der Waals surface area (Å²) in [6.45, 7) is 1.75. The number of anilines is 1. The van der Waals surface area contributed by atoms with E-state index in [0.29, 0.717) is 18.2 Å². The molecule has 0 spiro atoms. The molecule has 1 heterocycles. The second kappa shape index (κ2) is 7.41. The number of rotatable bonds is 4. The molecule has 4 nitrogen and oxygen atoms in total. The molecule has 0 unspecified atom stereocenters. The third kappa shape index (κ3) is 3.88. The van der Waals surface area contributed by atoms with Crippen molar-refractivity contribution >= 4 is 11.6 Å². The predicted octanol–water partition coefficient (Wildman–Crippen LogP) is 5.19. The van der Waals surface area contributed by atoms with Gasteiger partial charge in [-0.05, 0) is 30.7 Å². The lowest BCUT2D eigenvalue weighted by atomic mass is 10.1. The van der Waals surface area contributed by atoms with Crippen LogP contribution in [0.1, 0.15) is 28.5 Å². The van der Waals surface area contributed by atoms with Crippen molar-refractivity contribution in [3.8, 4) is 11.3 Å². The van der Waals surface area contributed by atoms with Crippen molar-refractivity contribution in [1.29, 1.82) is 0 Å². The number of amides is 1. The molecular formula is C19H14F5N3O. The van der Waals surface area contributed by atoms with Crippen LogP contribution in [-0.4, -0.2) is 16.1 Å². The molecule has 146 valence electrons. The molecule has 3 rings (SSSR count). The Labute approximate surface area is 156 Å². The summed E-state index contributed by atoms with van der Waals surface area (Å²) >= 11 is 0. The number of H-pyrrole nitrogens is 1. The molecule has 0 aliphatic carbocycles. The first-order chi connectivity index (χ1) is 13.2. The Bertz CT molecular complexity index is 1030. The van der Waals surface area contributed by atoms with Crippen LogP contribution in [0.5, 0.6) is 0 Å². The van der Waals surface area contributed by atoms with E-state index < -0.39 is 34.8 Å². The maximum atomic E-state index is 13.9. The molecule has 1 aromatic heterocycles. The van der Waals surface area contributed by atoms with Gasteiger partial charge in [-0.25, -0.2) is 8.78 Å². The lowest BCUT2D eigenvalue weighted by Crippen LogP contribution is -2.15. The molecule has 0 aliphatic heterocycles. The SMILES string of the molecule is CCc1[nH]nc(-c2cccc(C(F)(F)F)c2)c1NC(=O)c1ccc(F)cc1F. The standard InChI is InChI=1S/C19H14F5N3O/c1-2-15-17(25-18(28)13-7-6-12(20)9-14(13)21)16(27-26-15)10-4-3-5-11(8-10)19(22,23)24/h3-9H,2H2,1H3,(H,25,28)(H,26,27). The largest absolute Gasteiger partial charge is 0.416 e. The molecule has 0 atom stereocenters. The fourth-order valence-electron chi connectivity index (χ4n) is 2.67. The highest BCUT2D eigenvalue weighted by Gasteiger charge is 2.31. The number of carbonyl (C=O) groups is 1. The summed E-state index contributed by atoms with van der Waals surface area (Å²) in [4.78, 5) is 12.4. The van der Waals surface area contributed by atoms with Crippen LogP contribution < -0.4 is 5.32 Å². The van der Waals surface area contributed by atoms with Crippen molar-refractivity contribution in [3.05, 3.63) is 70.9 Å². The number of aryl methyl sites for hydroxylation is 1. The van der Waals surface area contributed by atoms with Gasteiger partial charge in [0, 0.05) is 11.6 Å². The zero-order valence-electron chi connectivity index (χ0n) is 14.5. The highest BCUT2D eigenvalue weighted by Crippen LogP contribution is 2.35. The number of carbonyl (C=O) groups excluding carboxylic acids is 1. The number of benzene rings is 2. The highest BCUT2D eigenvalue weighted by molar-refractivity contribution is 6.06. The van der Waals surface area contributed by atoms with Crippen LogP contribution in [0.3, 0.4) is 0 Å². The molecule has 0 saturated heterocycles. The minimum absolute atomic E-state index is 0.0822. The van der Waals surface area contributed by atoms with Gasteiger partial charge in [0.05, 0.1) is 22.5 Å². The van der Waals surface area contributed by atoms with Gasteiger partial charge in [0.2, 0.25) is 0 Å². The minimum atomic E-state index is -4.54. The molecule has 3 aromatic rings. The Morgan fingerprint density at radius 3 is 2.54 bits per heavy atom. The van der Waals surface area contributed by atoms with E-state index in [4.69, 9.17) is 0 Å². The van der Waals surface area contributed by atoms with Crippen molar-refractivity contribution in [2.24, 2.45) is 0 Å². The summed E-state index contributed by atoms with van der Waals surface area (Å²) < 4.78 is 65.9. The molecule has 0 radical (unpaired) electrons. The van der Waals surface area contributed by atoms with E-state index in [1.807, 2.05) is 0 Å². The number of hydrogen-bond donors (Lipinski definition) is 2. The third-order valence-corrected chi connectivity index (χ3v) is 4.07. The maximum absolute atomic E-state index is 13.9. The Balaban J connectivity index is 2.01. The van der Waals surface area contributed by atoms with Gasteiger partial charge in [0.25, 0.3) is 5.91 Å². The quantitative estimate of drug-likeness (QED) is 0.598. The second-order valence-corrected chi connectivity index (χ2v) is 5.94.